The molecule has 87 valence electrons. The maximum atomic E-state index is 9.65. The molecule has 5 N–H and O–H groups in total. The Kier molecular flexibility index (Phi) is 8.70. The van der Waals surface area contributed by atoms with Gasteiger partial charge in [0.1, 0.15) is 5.52 Å². The van der Waals surface area contributed by atoms with Gasteiger partial charge in [-0.15, -0.1) is 0 Å². The number of hydrogen-bond donors (Lipinski definition) is 1. The summed E-state index contributed by atoms with van der Waals surface area (Å²) in [5.74, 6) is 0.179. The molecule has 2 aromatic rings. The van der Waals surface area contributed by atoms with Gasteiger partial charge >= 0.3 is 0 Å². The standard InChI is InChI=1S/C9H5Br2NO.Bi.2H2O/c10-6-4-7(11)9(13)8-5(6)2-1-3-12-8;;;/h1-4,13H;;2*1H2. The number of nitrogens with zero attached hydrogens (tertiary/aromatic N) is 1. The topological polar surface area (TPSA) is 96.1 Å². The Balaban J connectivity index is 0. The number of halogens is 2. The van der Waals surface area contributed by atoms with Crippen LogP contribution in [-0.2, 0) is 0 Å². The van der Waals surface area contributed by atoms with Gasteiger partial charge in [0.25, 0.3) is 0 Å². The van der Waals surface area contributed by atoms with Crippen molar-refractivity contribution in [1.82, 2.24) is 4.98 Å². The van der Waals surface area contributed by atoms with Crippen LogP contribution in [-0.4, -0.2) is 47.2 Å². The number of rotatable bonds is 0. The van der Waals surface area contributed by atoms with Gasteiger partial charge in [-0.3, -0.25) is 4.98 Å². The van der Waals surface area contributed by atoms with Gasteiger partial charge in [-0.25, -0.2) is 0 Å². The van der Waals surface area contributed by atoms with Crippen LogP contribution in [0.15, 0.2) is 33.3 Å². The Bertz CT molecular complexity index is 482. The predicted octanol–water partition coefficient (Wildman–Crippen LogP) is 1.44. The van der Waals surface area contributed by atoms with E-state index < -0.39 is 0 Å². The zero-order valence-corrected chi connectivity index (χ0v) is 14.6. The van der Waals surface area contributed by atoms with Crippen LogP contribution < -0.4 is 0 Å². The van der Waals surface area contributed by atoms with Crippen molar-refractivity contribution < 1.29 is 16.1 Å². The summed E-state index contributed by atoms with van der Waals surface area (Å²) in [6, 6.07) is 5.54. The SMILES string of the molecule is O.O.Oc1c(Br)cc(Br)c2cccnc12.[Bi]. The number of aromatic hydroxyl groups is 1. The van der Waals surface area contributed by atoms with Gasteiger partial charge in [0.2, 0.25) is 0 Å². The van der Waals surface area contributed by atoms with E-state index >= 15 is 0 Å². The molecule has 2 rings (SSSR count). The maximum absolute atomic E-state index is 9.65. The number of aromatic nitrogens is 1. The van der Waals surface area contributed by atoms with E-state index in [0.29, 0.717) is 9.99 Å². The Hall–Kier alpha value is 0.193. The van der Waals surface area contributed by atoms with Crippen molar-refractivity contribution in [3.05, 3.63) is 33.3 Å². The minimum atomic E-state index is 0. The van der Waals surface area contributed by atoms with Gasteiger partial charge in [0.15, 0.2) is 5.75 Å². The number of hydrogen-bond acceptors (Lipinski definition) is 2. The molecule has 3 radical (unpaired) electrons. The molecule has 16 heavy (non-hydrogen) atoms. The van der Waals surface area contributed by atoms with Crippen molar-refractivity contribution in [3.8, 4) is 5.75 Å². The average Bonchev–Trinajstić information content (AvgIpc) is 2.15. The van der Waals surface area contributed by atoms with Crippen LogP contribution in [0.25, 0.3) is 10.9 Å². The maximum Gasteiger partial charge on any atom is 0.156 e. The van der Waals surface area contributed by atoms with Crippen LogP contribution >= 0.6 is 31.9 Å². The normalized spacial score (nSPS) is 8.62. The van der Waals surface area contributed by atoms with Crippen LogP contribution in [0.3, 0.4) is 0 Å². The first-order valence-electron chi connectivity index (χ1n) is 3.62. The van der Waals surface area contributed by atoms with Gasteiger partial charge in [0, 0.05) is 42.3 Å². The van der Waals surface area contributed by atoms with E-state index in [9.17, 15) is 5.11 Å². The molecule has 0 aliphatic rings. The minimum absolute atomic E-state index is 0. The van der Waals surface area contributed by atoms with Crippen molar-refractivity contribution in [1.29, 1.82) is 0 Å². The van der Waals surface area contributed by atoms with Crippen molar-refractivity contribution in [3.63, 3.8) is 0 Å². The predicted molar refractivity (Wildman–Crippen MR) is 71.8 cm³/mol. The first-order chi connectivity index (χ1) is 6.20. The van der Waals surface area contributed by atoms with Gasteiger partial charge in [-0.05, 0) is 28.1 Å². The molecule has 0 amide bonds. The molecule has 0 atom stereocenters. The van der Waals surface area contributed by atoms with Crippen LogP contribution in [0, 0.1) is 0 Å². The summed E-state index contributed by atoms with van der Waals surface area (Å²) in [5, 5.41) is 10.6. The molecule has 1 aromatic heterocycles. The minimum Gasteiger partial charge on any atom is -0.505 e. The van der Waals surface area contributed by atoms with E-state index in [-0.39, 0.29) is 42.9 Å². The van der Waals surface area contributed by atoms with E-state index in [1.54, 1.807) is 12.3 Å². The van der Waals surface area contributed by atoms with E-state index in [2.05, 4.69) is 36.8 Å². The molecule has 0 aliphatic heterocycles. The molecule has 0 unspecified atom stereocenters. The molecule has 7 heteroatoms. The fraction of sp³-hybridized carbons (Fsp3) is 0. The number of phenols is 1. The molecular weight excluding hydrogens is 539 g/mol. The van der Waals surface area contributed by atoms with Gasteiger partial charge in [0.05, 0.1) is 4.47 Å². The second-order valence-corrected chi connectivity index (χ2v) is 4.30. The summed E-state index contributed by atoms with van der Waals surface area (Å²) in [4.78, 5) is 4.09. The Morgan fingerprint density at radius 1 is 1.12 bits per heavy atom. The summed E-state index contributed by atoms with van der Waals surface area (Å²) in [7, 11) is 0. The zero-order chi connectivity index (χ0) is 9.42. The van der Waals surface area contributed by atoms with Crippen LogP contribution in [0.5, 0.6) is 5.75 Å². The largest absolute Gasteiger partial charge is 0.505 e. The quantitative estimate of drug-likeness (QED) is 0.505. The third-order valence-corrected chi connectivity index (χ3v) is 3.03. The number of fused-ring (bicyclic) bond motifs is 1. The fourth-order valence-corrected chi connectivity index (χ4v) is 2.43. The monoisotopic (exact) mass is 546 g/mol. The van der Waals surface area contributed by atoms with Crippen molar-refractivity contribution in [2.24, 2.45) is 0 Å². The van der Waals surface area contributed by atoms with Crippen molar-refractivity contribution in [2.75, 3.05) is 0 Å². The first-order valence-corrected chi connectivity index (χ1v) is 5.20. The van der Waals surface area contributed by atoms with E-state index in [0.717, 1.165) is 9.86 Å². The van der Waals surface area contributed by atoms with E-state index in [1.165, 1.54) is 0 Å². The summed E-state index contributed by atoms with van der Waals surface area (Å²) in [5.41, 5.74) is 0.601. The van der Waals surface area contributed by atoms with Gasteiger partial charge in [-0.2, -0.15) is 0 Å². The van der Waals surface area contributed by atoms with Crippen LogP contribution in [0.1, 0.15) is 0 Å². The molecule has 0 fully saturated rings. The molecular formula is C9H9BiBr2NO3. The molecule has 1 heterocycles. The molecule has 0 saturated carbocycles. The fourth-order valence-electron chi connectivity index (χ4n) is 1.16. The molecule has 1 aromatic carbocycles. The van der Waals surface area contributed by atoms with Gasteiger partial charge in [-0.1, -0.05) is 22.0 Å². The second kappa shape index (κ2) is 7.51. The zero-order valence-electron chi connectivity index (χ0n) is 7.91. The molecule has 0 saturated heterocycles. The first kappa shape index (κ1) is 18.6. The summed E-state index contributed by atoms with van der Waals surface area (Å²) in [6.45, 7) is 0. The third kappa shape index (κ3) is 3.34. The molecule has 0 bridgehead atoms. The van der Waals surface area contributed by atoms with Crippen molar-refractivity contribution in [2.45, 2.75) is 0 Å². The number of benzene rings is 1. The Morgan fingerprint density at radius 2 is 1.75 bits per heavy atom. The molecule has 0 spiro atoms. The summed E-state index contributed by atoms with van der Waals surface area (Å²) >= 11 is 6.65. The van der Waals surface area contributed by atoms with Crippen LogP contribution in [0.2, 0.25) is 0 Å². The Labute approximate surface area is 128 Å². The Morgan fingerprint density at radius 3 is 2.38 bits per heavy atom. The van der Waals surface area contributed by atoms with Crippen LogP contribution in [0.4, 0.5) is 0 Å². The van der Waals surface area contributed by atoms with E-state index in [1.807, 2.05) is 12.1 Å². The number of phenolic OH excluding ortho intramolecular Hbond substituents is 1. The summed E-state index contributed by atoms with van der Waals surface area (Å²) in [6.07, 6.45) is 1.65. The third-order valence-electron chi connectivity index (χ3n) is 1.77. The van der Waals surface area contributed by atoms with E-state index in [4.69, 9.17) is 0 Å². The van der Waals surface area contributed by atoms with Gasteiger partial charge < -0.3 is 16.1 Å². The molecule has 4 nitrogen and oxygen atoms in total. The second-order valence-electron chi connectivity index (χ2n) is 2.59. The average molecular weight is 548 g/mol. The summed E-state index contributed by atoms with van der Waals surface area (Å²) < 4.78 is 1.56. The number of pyridine rings is 1. The van der Waals surface area contributed by atoms with Crippen molar-refractivity contribution >= 4 is 69.0 Å². The molecule has 0 aliphatic carbocycles. The smallest absolute Gasteiger partial charge is 0.156 e.